The first-order chi connectivity index (χ1) is 13.0. The van der Waals surface area contributed by atoms with Gasteiger partial charge in [0.15, 0.2) is 5.82 Å². The van der Waals surface area contributed by atoms with Gasteiger partial charge in [0.25, 0.3) is 0 Å². The summed E-state index contributed by atoms with van der Waals surface area (Å²) < 4.78 is 0. The predicted octanol–water partition coefficient (Wildman–Crippen LogP) is 3.87. The number of pyridine rings is 1. The molecule has 0 spiro atoms. The van der Waals surface area contributed by atoms with E-state index in [1.807, 2.05) is 19.1 Å². The maximum atomic E-state index is 10.5. The van der Waals surface area contributed by atoms with Crippen molar-refractivity contribution in [3.8, 4) is 17.0 Å². The molecule has 1 fully saturated rings. The molecule has 0 saturated carbocycles. The lowest BCUT2D eigenvalue weighted by atomic mass is 10.00. The van der Waals surface area contributed by atoms with E-state index in [0.29, 0.717) is 22.3 Å². The molecule has 0 amide bonds. The van der Waals surface area contributed by atoms with Gasteiger partial charge >= 0.3 is 0 Å². The summed E-state index contributed by atoms with van der Waals surface area (Å²) in [6.07, 6.45) is 5.79. The summed E-state index contributed by atoms with van der Waals surface area (Å²) in [6.45, 7) is 4.00. The van der Waals surface area contributed by atoms with Crippen molar-refractivity contribution in [2.45, 2.75) is 25.8 Å². The highest BCUT2D eigenvalue weighted by Gasteiger charge is 2.21. The zero-order chi connectivity index (χ0) is 19.0. The minimum atomic E-state index is 0.0991. The lowest BCUT2D eigenvalue weighted by Crippen LogP contribution is -2.40. The smallest absolute Gasteiger partial charge is 0.158 e. The Bertz CT molecular complexity index is 970. The van der Waals surface area contributed by atoms with Gasteiger partial charge in [-0.2, -0.15) is 0 Å². The van der Waals surface area contributed by atoms with Crippen LogP contribution in [0.15, 0.2) is 30.6 Å². The molecule has 3 heterocycles. The molecule has 6 nitrogen and oxygen atoms in total. The lowest BCUT2D eigenvalue weighted by molar-refractivity contribution is 0.261. The largest absolute Gasteiger partial charge is 0.507 e. The van der Waals surface area contributed by atoms with Crippen LogP contribution >= 0.6 is 11.6 Å². The molecule has 0 unspecified atom stereocenters. The van der Waals surface area contributed by atoms with E-state index in [9.17, 15) is 5.11 Å². The fourth-order valence-corrected chi connectivity index (χ4v) is 4.07. The fraction of sp³-hybridized carbons (Fsp3) is 0.350. The highest BCUT2D eigenvalue weighted by Crippen LogP contribution is 2.38. The summed E-state index contributed by atoms with van der Waals surface area (Å²) in [5, 5.41) is 25.2. The zero-order valence-corrected chi connectivity index (χ0v) is 16.2. The topological polar surface area (TPSA) is 74.2 Å². The molecule has 1 aliphatic heterocycles. The predicted molar refractivity (Wildman–Crippen MR) is 108 cm³/mol. The Morgan fingerprint density at radius 1 is 1.26 bits per heavy atom. The van der Waals surface area contributed by atoms with E-state index in [2.05, 4.69) is 32.4 Å². The van der Waals surface area contributed by atoms with E-state index in [4.69, 9.17) is 11.6 Å². The zero-order valence-electron chi connectivity index (χ0n) is 15.4. The second-order valence-corrected chi connectivity index (χ2v) is 7.62. The number of likely N-dealkylation sites (N-methyl/N-ethyl adjacent to an activating group) is 1. The van der Waals surface area contributed by atoms with Gasteiger partial charge in [0.05, 0.1) is 0 Å². The normalized spacial score (nSPS) is 18.0. The third kappa shape index (κ3) is 3.55. The van der Waals surface area contributed by atoms with Gasteiger partial charge in [-0.3, -0.25) is 4.98 Å². The van der Waals surface area contributed by atoms with Gasteiger partial charge in [-0.15, -0.1) is 10.2 Å². The van der Waals surface area contributed by atoms with E-state index >= 15 is 0 Å². The van der Waals surface area contributed by atoms with Crippen LogP contribution in [0, 0.1) is 6.92 Å². The molecule has 0 bridgehead atoms. The maximum Gasteiger partial charge on any atom is 0.158 e. The molecule has 4 rings (SSSR count). The van der Waals surface area contributed by atoms with E-state index in [0.717, 1.165) is 48.1 Å². The highest BCUT2D eigenvalue weighted by atomic mass is 35.5. The van der Waals surface area contributed by atoms with Crippen molar-refractivity contribution >= 4 is 28.2 Å². The van der Waals surface area contributed by atoms with E-state index in [-0.39, 0.29) is 5.75 Å². The van der Waals surface area contributed by atoms with Crippen LogP contribution in [0.3, 0.4) is 0 Å². The molecule has 1 aliphatic rings. The molecule has 3 aromatic rings. The number of aromatic hydroxyl groups is 1. The molecule has 0 radical (unpaired) electrons. The fourth-order valence-electron chi connectivity index (χ4n) is 3.80. The number of phenolic OH excluding ortho intramolecular Hbond substituents is 1. The number of benzene rings is 1. The Labute approximate surface area is 163 Å². The van der Waals surface area contributed by atoms with Gasteiger partial charge in [-0.1, -0.05) is 11.6 Å². The highest BCUT2D eigenvalue weighted by molar-refractivity contribution is 6.31. The van der Waals surface area contributed by atoms with Gasteiger partial charge in [0, 0.05) is 46.3 Å². The van der Waals surface area contributed by atoms with Crippen molar-refractivity contribution < 1.29 is 5.11 Å². The van der Waals surface area contributed by atoms with Crippen LogP contribution in [0.5, 0.6) is 5.75 Å². The van der Waals surface area contributed by atoms with E-state index in [1.54, 1.807) is 12.4 Å². The van der Waals surface area contributed by atoms with Crippen LogP contribution < -0.4 is 5.32 Å². The average Bonchev–Trinajstić information content (AvgIpc) is 2.62. The summed E-state index contributed by atoms with van der Waals surface area (Å²) in [4.78, 5) is 6.59. The number of nitrogens with one attached hydrogen (secondary N) is 1. The van der Waals surface area contributed by atoms with Gasteiger partial charge in [0.1, 0.15) is 11.4 Å². The summed E-state index contributed by atoms with van der Waals surface area (Å²) in [5.74, 6) is 0.829. The molecular weight excluding hydrogens is 362 g/mol. The minimum absolute atomic E-state index is 0.0991. The molecule has 1 saturated heterocycles. The standard InChI is InChI=1S/C20H22ClN5O/c1-12-8-13(21)9-17(27)18(12)19-15-5-6-22-10-16(15)20(25-24-19)23-14-4-3-7-26(2)11-14/h5-6,8-10,14,27H,3-4,7,11H2,1-2H3,(H,23,25)/t14-/m1/s1. The van der Waals surface area contributed by atoms with Gasteiger partial charge in [-0.05, 0) is 57.1 Å². The Morgan fingerprint density at radius 2 is 2.11 bits per heavy atom. The van der Waals surface area contributed by atoms with E-state index in [1.165, 1.54) is 6.07 Å². The molecule has 0 aliphatic carbocycles. The summed E-state index contributed by atoms with van der Waals surface area (Å²) in [5.41, 5.74) is 2.12. The number of aryl methyl sites for hydroxylation is 1. The molecule has 140 valence electrons. The number of anilines is 1. The number of hydrogen-bond acceptors (Lipinski definition) is 6. The maximum absolute atomic E-state index is 10.5. The van der Waals surface area contributed by atoms with Crippen LogP contribution in [-0.2, 0) is 0 Å². The first kappa shape index (κ1) is 17.9. The third-order valence-corrected chi connectivity index (χ3v) is 5.28. The summed E-state index contributed by atoms with van der Waals surface area (Å²) >= 11 is 6.05. The van der Waals surface area contributed by atoms with Gasteiger partial charge < -0.3 is 15.3 Å². The molecular formula is C20H22ClN5O. The Hall–Kier alpha value is -2.44. The number of fused-ring (bicyclic) bond motifs is 1. The average molecular weight is 384 g/mol. The number of piperidine rings is 1. The van der Waals surface area contributed by atoms with Crippen molar-refractivity contribution in [3.05, 3.63) is 41.2 Å². The molecule has 2 aromatic heterocycles. The number of aromatic nitrogens is 3. The Balaban J connectivity index is 1.79. The molecule has 27 heavy (non-hydrogen) atoms. The van der Waals surface area contributed by atoms with Crippen molar-refractivity contribution in [1.82, 2.24) is 20.1 Å². The lowest BCUT2D eigenvalue weighted by Gasteiger charge is -2.30. The number of likely N-dealkylation sites (tertiary alicyclic amines) is 1. The van der Waals surface area contributed by atoms with Crippen molar-refractivity contribution in [2.24, 2.45) is 0 Å². The second kappa shape index (κ2) is 7.29. The Morgan fingerprint density at radius 3 is 2.89 bits per heavy atom. The number of hydrogen-bond donors (Lipinski definition) is 2. The number of nitrogens with zero attached hydrogens (tertiary/aromatic N) is 4. The van der Waals surface area contributed by atoms with Crippen molar-refractivity contribution in [2.75, 3.05) is 25.5 Å². The van der Waals surface area contributed by atoms with Crippen LogP contribution in [0.2, 0.25) is 5.02 Å². The molecule has 1 atom stereocenters. The third-order valence-electron chi connectivity index (χ3n) is 5.06. The first-order valence-electron chi connectivity index (χ1n) is 9.08. The number of rotatable bonds is 3. The van der Waals surface area contributed by atoms with Crippen LogP contribution in [-0.4, -0.2) is 51.4 Å². The first-order valence-corrected chi connectivity index (χ1v) is 9.45. The number of phenols is 1. The van der Waals surface area contributed by atoms with Crippen LogP contribution in [0.25, 0.3) is 22.0 Å². The van der Waals surface area contributed by atoms with Crippen LogP contribution in [0.1, 0.15) is 18.4 Å². The quantitative estimate of drug-likeness (QED) is 0.715. The van der Waals surface area contributed by atoms with E-state index < -0.39 is 0 Å². The van der Waals surface area contributed by atoms with Crippen molar-refractivity contribution in [1.29, 1.82) is 0 Å². The summed E-state index contributed by atoms with van der Waals surface area (Å²) in [7, 11) is 2.13. The summed E-state index contributed by atoms with van der Waals surface area (Å²) in [6, 6.07) is 5.58. The molecule has 1 aromatic carbocycles. The van der Waals surface area contributed by atoms with Crippen LogP contribution in [0.4, 0.5) is 5.82 Å². The molecule has 7 heteroatoms. The molecule has 2 N–H and O–H groups in total. The van der Waals surface area contributed by atoms with Crippen molar-refractivity contribution in [3.63, 3.8) is 0 Å². The second-order valence-electron chi connectivity index (χ2n) is 7.18. The number of halogens is 1. The SMILES string of the molecule is Cc1cc(Cl)cc(O)c1-c1nnc(N[C@@H]2CCCN(C)C2)c2cnccc12. The van der Waals surface area contributed by atoms with Gasteiger partial charge in [-0.25, -0.2) is 0 Å². The monoisotopic (exact) mass is 383 g/mol. The van der Waals surface area contributed by atoms with Gasteiger partial charge in [0.2, 0.25) is 0 Å². The Kier molecular flexibility index (Phi) is 4.85. The minimum Gasteiger partial charge on any atom is -0.507 e.